The normalized spacial score (nSPS) is 14.3. The van der Waals surface area contributed by atoms with Crippen molar-refractivity contribution >= 4 is 44.7 Å². The van der Waals surface area contributed by atoms with E-state index in [2.05, 4.69) is 33.2 Å². The molecule has 1 amide bonds. The number of rotatable bonds is 5. The Morgan fingerprint density at radius 1 is 1.16 bits per heavy atom. The molecule has 1 fully saturated rings. The lowest BCUT2D eigenvalue weighted by Gasteiger charge is -2.36. The van der Waals surface area contributed by atoms with E-state index in [1.54, 1.807) is 29.8 Å². The molecule has 3 heterocycles. The molecule has 0 atom stereocenters. The minimum Gasteiger partial charge on any atom is -0.362 e. The summed E-state index contributed by atoms with van der Waals surface area (Å²) in [6, 6.07) is 6.75. The molecular formula is C21H24N6O3S. The van der Waals surface area contributed by atoms with Gasteiger partial charge in [-0.3, -0.25) is 14.9 Å². The van der Waals surface area contributed by atoms with Gasteiger partial charge in [-0.15, -0.1) is 11.3 Å². The summed E-state index contributed by atoms with van der Waals surface area (Å²) in [7, 11) is 0. The molecule has 0 bridgehead atoms. The van der Waals surface area contributed by atoms with Gasteiger partial charge in [0.1, 0.15) is 22.7 Å². The topological polar surface area (TPSA) is 104 Å². The van der Waals surface area contributed by atoms with Gasteiger partial charge in [-0.25, -0.2) is 9.97 Å². The number of nitro groups is 1. The van der Waals surface area contributed by atoms with Crippen LogP contribution in [-0.4, -0.2) is 53.0 Å². The summed E-state index contributed by atoms with van der Waals surface area (Å²) in [5.41, 5.74) is 0.770. The summed E-state index contributed by atoms with van der Waals surface area (Å²) in [5.74, 6) is 0.595. The second-order valence-electron chi connectivity index (χ2n) is 7.84. The third kappa shape index (κ3) is 4.29. The van der Waals surface area contributed by atoms with Crippen molar-refractivity contribution in [1.29, 1.82) is 0 Å². The van der Waals surface area contributed by atoms with Crippen LogP contribution in [-0.2, 0) is 0 Å². The van der Waals surface area contributed by atoms with Gasteiger partial charge in [0.2, 0.25) is 0 Å². The van der Waals surface area contributed by atoms with Gasteiger partial charge in [0, 0.05) is 48.7 Å². The SMILES string of the molecule is Cc1cc2c(N3CCN(c4ccc(C(=O)NC(C)C)cc4[N+](=O)[O-])CC3)ncnc2s1. The van der Waals surface area contributed by atoms with E-state index in [1.165, 1.54) is 10.9 Å². The number of aromatic nitrogens is 2. The minimum atomic E-state index is -0.421. The molecule has 2 aromatic heterocycles. The first-order valence-corrected chi connectivity index (χ1v) is 11.0. The van der Waals surface area contributed by atoms with Gasteiger partial charge in [-0.2, -0.15) is 0 Å². The van der Waals surface area contributed by atoms with Crippen LogP contribution in [0.1, 0.15) is 29.1 Å². The average Bonchev–Trinajstić information content (AvgIpc) is 3.13. The molecule has 1 saturated heterocycles. The predicted molar refractivity (Wildman–Crippen MR) is 122 cm³/mol. The highest BCUT2D eigenvalue weighted by Crippen LogP contribution is 2.33. The number of amides is 1. The fraction of sp³-hybridized carbons (Fsp3) is 0.381. The number of aryl methyl sites for hydroxylation is 1. The van der Waals surface area contributed by atoms with Crippen LogP contribution in [0.2, 0.25) is 0 Å². The van der Waals surface area contributed by atoms with E-state index in [9.17, 15) is 14.9 Å². The first-order valence-electron chi connectivity index (χ1n) is 10.1. The number of nitrogens with one attached hydrogen (secondary N) is 1. The number of fused-ring (bicyclic) bond motifs is 1. The number of nitrogens with zero attached hydrogens (tertiary/aromatic N) is 5. The summed E-state index contributed by atoms with van der Waals surface area (Å²) in [4.78, 5) is 38.8. The Bertz CT molecular complexity index is 1140. The Morgan fingerprint density at radius 2 is 1.87 bits per heavy atom. The smallest absolute Gasteiger partial charge is 0.293 e. The largest absolute Gasteiger partial charge is 0.362 e. The van der Waals surface area contributed by atoms with Gasteiger partial charge in [0.15, 0.2) is 0 Å². The van der Waals surface area contributed by atoms with E-state index in [1.807, 2.05) is 18.7 Å². The van der Waals surface area contributed by atoms with Gasteiger partial charge in [0.05, 0.1) is 10.3 Å². The Kier molecular flexibility index (Phi) is 5.73. The van der Waals surface area contributed by atoms with Crippen LogP contribution in [0.4, 0.5) is 17.2 Å². The number of thiophene rings is 1. The zero-order valence-corrected chi connectivity index (χ0v) is 18.5. The van der Waals surface area contributed by atoms with Crippen LogP contribution in [0.3, 0.4) is 0 Å². The van der Waals surface area contributed by atoms with Gasteiger partial charge in [-0.1, -0.05) is 0 Å². The van der Waals surface area contributed by atoms with E-state index >= 15 is 0 Å². The van der Waals surface area contributed by atoms with Gasteiger partial charge in [-0.05, 0) is 39.0 Å². The fourth-order valence-electron chi connectivity index (χ4n) is 3.80. The van der Waals surface area contributed by atoms with Crippen LogP contribution in [0.5, 0.6) is 0 Å². The van der Waals surface area contributed by atoms with E-state index in [0.717, 1.165) is 16.0 Å². The Labute approximate surface area is 183 Å². The second kappa shape index (κ2) is 8.46. The van der Waals surface area contributed by atoms with Crippen molar-refractivity contribution in [3.05, 3.63) is 51.1 Å². The molecule has 3 aromatic rings. The zero-order valence-electron chi connectivity index (χ0n) is 17.7. The van der Waals surface area contributed by atoms with Crippen molar-refractivity contribution in [2.75, 3.05) is 36.0 Å². The molecule has 0 radical (unpaired) electrons. The summed E-state index contributed by atoms with van der Waals surface area (Å²) in [6.07, 6.45) is 1.59. The standard InChI is InChI=1S/C21H24N6O3S/c1-13(2)24-20(28)15-4-5-17(18(11-15)27(29)30)25-6-8-26(9-7-25)19-16-10-14(3)31-21(16)23-12-22-19/h4-5,10-13H,6-9H2,1-3H3,(H,24,28). The lowest BCUT2D eigenvalue weighted by molar-refractivity contribution is -0.384. The minimum absolute atomic E-state index is 0.0420. The number of piperazine rings is 1. The molecule has 1 aromatic carbocycles. The number of benzene rings is 1. The van der Waals surface area contributed by atoms with Crippen molar-refractivity contribution in [3.63, 3.8) is 0 Å². The highest BCUT2D eigenvalue weighted by Gasteiger charge is 2.26. The number of carbonyl (C=O) groups excluding carboxylic acids is 1. The molecule has 1 aliphatic heterocycles. The summed E-state index contributed by atoms with van der Waals surface area (Å²) >= 11 is 1.64. The van der Waals surface area contributed by atoms with E-state index in [4.69, 9.17) is 0 Å². The first-order chi connectivity index (χ1) is 14.8. The molecule has 31 heavy (non-hydrogen) atoms. The molecule has 162 valence electrons. The average molecular weight is 441 g/mol. The highest BCUT2D eigenvalue weighted by atomic mass is 32.1. The number of anilines is 2. The lowest BCUT2D eigenvalue weighted by Crippen LogP contribution is -2.47. The van der Waals surface area contributed by atoms with Gasteiger partial charge >= 0.3 is 0 Å². The van der Waals surface area contributed by atoms with E-state index < -0.39 is 4.92 Å². The maximum Gasteiger partial charge on any atom is 0.293 e. The molecule has 0 spiro atoms. The Morgan fingerprint density at radius 3 is 2.55 bits per heavy atom. The molecule has 10 heteroatoms. The molecule has 0 unspecified atom stereocenters. The van der Waals surface area contributed by atoms with Crippen LogP contribution >= 0.6 is 11.3 Å². The molecule has 0 saturated carbocycles. The fourth-order valence-corrected chi connectivity index (χ4v) is 4.64. The van der Waals surface area contributed by atoms with Crippen LogP contribution in [0.25, 0.3) is 10.2 Å². The van der Waals surface area contributed by atoms with Crippen LogP contribution < -0.4 is 15.1 Å². The molecule has 1 N–H and O–H groups in total. The molecular weight excluding hydrogens is 416 g/mol. The number of hydrogen-bond donors (Lipinski definition) is 1. The molecule has 0 aliphatic carbocycles. The molecule has 1 aliphatic rings. The zero-order chi connectivity index (χ0) is 22.1. The number of nitro benzene ring substituents is 1. The molecule has 4 rings (SSSR count). The summed E-state index contributed by atoms with van der Waals surface area (Å²) in [5, 5.41) is 15.5. The number of hydrogen-bond acceptors (Lipinski definition) is 8. The van der Waals surface area contributed by atoms with Gasteiger partial charge in [0.25, 0.3) is 11.6 Å². The molecule has 9 nitrogen and oxygen atoms in total. The predicted octanol–water partition coefficient (Wildman–Crippen LogP) is 3.37. The van der Waals surface area contributed by atoms with Crippen molar-refractivity contribution in [2.45, 2.75) is 26.8 Å². The monoisotopic (exact) mass is 440 g/mol. The van der Waals surface area contributed by atoms with Gasteiger partial charge < -0.3 is 15.1 Å². The Balaban J connectivity index is 1.54. The second-order valence-corrected chi connectivity index (χ2v) is 9.07. The highest BCUT2D eigenvalue weighted by molar-refractivity contribution is 7.18. The van der Waals surface area contributed by atoms with Crippen molar-refractivity contribution in [3.8, 4) is 0 Å². The first kappa shape index (κ1) is 21.0. The Hall–Kier alpha value is -3.27. The quantitative estimate of drug-likeness (QED) is 0.479. The third-order valence-electron chi connectivity index (χ3n) is 5.21. The van der Waals surface area contributed by atoms with Crippen molar-refractivity contribution in [1.82, 2.24) is 15.3 Å². The summed E-state index contributed by atoms with van der Waals surface area (Å²) < 4.78 is 0. The maximum absolute atomic E-state index is 12.3. The maximum atomic E-state index is 12.3. The summed E-state index contributed by atoms with van der Waals surface area (Å²) in [6.45, 7) is 8.37. The van der Waals surface area contributed by atoms with E-state index in [0.29, 0.717) is 37.4 Å². The van der Waals surface area contributed by atoms with E-state index in [-0.39, 0.29) is 17.6 Å². The van der Waals surface area contributed by atoms with Crippen LogP contribution in [0, 0.1) is 17.0 Å². The third-order valence-corrected chi connectivity index (χ3v) is 6.16. The number of carbonyl (C=O) groups is 1. The lowest BCUT2D eigenvalue weighted by atomic mass is 10.1. The van der Waals surface area contributed by atoms with Crippen LogP contribution in [0.15, 0.2) is 30.6 Å². The van der Waals surface area contributed by atoms with Crippen molar-refractivity contribution < 1.29 is 9.72 Å². The van der Waals surface area contributed by atoms with Crippen molar-refractivity contribution in [2.24, 2.45) is 0 Å².